The molecule has 0 aliphatic carbocycles. The van der Waals surface area contributed by atoms with Gasteiger partial charge in [0.05, 0.1) is 25.4 Å². The van der Waals surface area contributed by atoms with Gasteiger partial charge in [-0.05, 0) is 13.8 Å². The molecule has 0 bridgehead atoms. The SMILES string of the molecule is CC(O)C(NC(=O)C(CO)NC(=O)C(NC(=O)CN)C(C)O)C(=O)O. The summed E-state index contributed by atoms with van der Waals surface area (Å²) in [5.74, 6) is -4.30. The Hall–Kier alpha value is -2.28. The molecule has 0 aromatic heterocycles. The van der Waals surface area contributed by atoms with Crippen LogP contribution in [0.4, 0.5) is 0 Å². The quantitative estimate of drug-likeness (QED) is 0.187. The minimum atomic E-state index is -1.65. The summed E-state index contributed by atoms with van der Waals surface area (Å²) in [5.41, 5.74) is 5.10. The van der Waals surface area contributed by atoms with Crippen molar-refractivity contribution >= 4 is 23.7 Å². The van der Waals surface area contributed by atoms with Crippen molar-refractivity contribution in [1.82, 2.24) is 16.0 Å². The predicted octanol–water partition coefficient (Wildman–Crippen LogP) is -4.76. The fourth-order valence-electron chi connectivity index (χ4n) is 1.74. The smallest absolute Gasteiger partial charge is 0.328 e. The molecule has 25 heavy (non-hydrogen) atoms. The molecule has 0 heterocycles. The summed E-state index contributed by atoms with van der Waals surface area (Å²) in [6.45, 7) is 1.02. The number of aliphatic hydroxyl groups is 3. The maximum absolute atomic E-state index is 12.1. The molecule has 3 amide bonds. The zero-order valence-corrected chi connectivity index (χ0v) is 13.8. The molecule has 144 valence electrons. The van der Waals surface area contributed by atoms with Crippen LogP contribution < -0.4 is 21.7 Å². The van der Waals surface area contributed by atoms with E-state index < -0.39 is 67.2 Å². The zero-order valence-electron chi connectivity index (χ0n) is 13.8. The van der Waals surface area contributed by atoms with Gasteiger partial charge in [-0.2, -0.15) is 0 Å². The molecule has 0 aliphatic rings. The third-order valence-corrected chi connectivity index (χ3v) is 3.13. The normalized spacial score (nSPS) is 16.7. The number of carboxylic acid groups (broad SMARTS) is 1. The summed E-state index contributed by atoms with van der Waals surface area (Å²) >= 11 is 0. The molecule has 0 aliphatic heterocycles. The first-order valence-corrected chi connectivity index (χ1v) is 7.35. The molecule has 5 unspecified atom stereocenters. The van der Waals surface area contributed by atoms with Gasteiger partial charge in [-0.3, -0.25) is 14.4 Å². The van der Waals surface area contributed by atoms with Crippen LogP contribution in [-0.2, 0) is 19.2 Å². The zero-order chi connectivity index (χ0) is 19.7. The standard InChI is InChI=1S/C13H24N4O8/c1-5(19)9(16-8(21)3-14)12(23)15-7(4-18)11(22)17-10(6(2)20)13(24)25/h5-7,9-10,18-20H,3-4,14H2,1-2H3,(H,15,23)(H,16,21)(H,17,22)(H,24,25). The number of aliphatic carboxylic acids is 1. The highest BCUT2D eigenvalue weighted by molar-refractivity contribution is 5.94. The molecule has 9 N–H and O–H groups in total. The van der Waals surface area contributed by atoms with E-state index in [4.69, 9.17) is 10.8 Å². The van der Waals surface area contributed by atoms with Gasteiger partial charge in [0.15, 0.2) is 6.04 Å². The second-order valence-electron chi connectivity index (χ2n) is 5.30. The van der Waals surface area contributed by atoms with Gasteiger partial charge in [0.2, 0.25) is 17.7 Å². The highest BCUT2D eigenvalue weighted by atomic mass is 16.4. The highest BCUT2D eigenvalue weighted by Gasteiger charge is 2.32. The van der Waals surface area contributed by atoms with Gasteiger partial charge in [-0.25, -0.2) is 4.79 Å². The van der Waals surface area contributed by atoms with E-state index in [2.05, 4.69) is 10.6 Å². The van der Waals surface area contributed by atoms with Gasteiger partial charge < -0.3 is 42.1 Å². The van der Waals surface area contributed by atoms with E-state index in [-0.39, 0.29) is 0 Å². The van der Waals surface area contributed by atoms with Gasteiger partial charge in [0.25, 0.3) is 0 Å². The number of hydrogen-bond donors (Lipinski definition) is 8. The lowest BCUT2D eigenvalue weighted by Gasteiger charge is -2.25. The van der Waals surface area contributed by atoms with Crippen LogP contribution >= 0.6 is 0 Å². The Morgan fingerprint density at radius 2 is 1.44 bits per heavy atom. The van der Waals surface area contributed by atoms with Crippen molar-refractivity contribution in [2.24, 2.45) is 5.73 Å². The summed E-state index contributed by atoms with van der Waals surface area (Å²) in [6.07, 6.45) is -2.76. The van der Waals surface area contributed by atoms with Crippen LogP contribution in [0.3, 0.4) is 0 Å². The lowest BCUT2D eigenvalue weighted by Crippen LogP contribution is -2.60. The lowest BCUT2D eigenvalue weighted by molar-refractivity contribution is -0.145. The highest BCUT2D eigenvalue weighted by Crippen LogP contribution is 1.98. The minimum Gasteiger partial charge on any atom is -0.480 e. The molecule has 0 saturated carbocycles. The van der Waals surface area contributed by atoms with E-state index in [1.165, 1.54) is 6.92 Å². The first-order valence-electron chi connectivity index (χ1n) is 7.35. The Kier molecular flexibility index (Phi) is 9.59. The van der Waals surface area contributed by atoms with Crippen molar-refractivity contribution < 1.29 is 39.6 Å². The van der Waals surface area contributed by atoms with Crippen molar-refractivity contribution in [3.63, 3.8) is 0 Å². The molecule has 0 spiro atoms. The summed E-state index contributed by atoms with van der Waals surface area (Å²) < 4.78 is 0. The van der Waals surface area contributed by atoms with Crippen molar-refractivity contribution in [3.05, 3.63) is 0 Å². The summed E-state index contributed by atoms with van der Waals surface area (Å²) in [4.78, 5) is 46.3. The van der Waals surface area contributed by atoms with Crippen LogP contribution in [0.25, 0.3) is 0 Å². The topological polar surface area (TPSA) is 211 Å². The molecule has 12 nitrogen and oxygen atoms in total. The second kappa shape index (κ2) is 10.6. The van der Waals surface area contributed by atoms with Crippen LogP contribution in [0.1, 0.15) is 13.8 Å². The van der Waals surface area contributed by atoms with Gasteiger partial charge in [-0.1, -0.05) is 0 Å². The maximum atomic E-state index is 12.1. The fraction of sp³-hybridized carbons (Fsp3) is 0.692. The van der Waals surface area contributed by atoms with E-state index in [0.29, 0.717) is 0 Å². The molecule has 0 aromatic carbocycles. The van der Waals surface area contributed by atoms with Crippen LogP contribution in [0.15, 0.2) is 0 Å². The number of carbonyl (C=O) groups excluding carboxylic acids is 3. The molecule has 0 aromatic rings. The van der Waals surface area contributed by atoms with Crippen molar-refractivity contribution in [1.29, 1.82) is 0 Å². The Morgan fingerprint density at radius 3 is 1.80 bits per heavy atom. The van der Waals surface area contributed by atoms with Crippen molar-refractivity contribution in [2.75, 3.05) is 13.2 Å². The Bertz CT molecular complexity index is 496. The van der Waals surface area contributed by atoms with Crippen LogP contribution in [-0.4, -0.2) is 87.6 Å². The van der Waals surface area contributed by atoms with Gasteiger partial charge >= 0.3 is 5.97 Å². The summed E-state index contributed by atoms with van der Waals surface area (Å²) in [6, 6.07) is -4.66. The minimum absolute atomic E-state index is 0.435. The average Bonchev–Trinajstić information content (AvgIpc) is 2.53. The van der Waals surface area contributed by atoms with E-state index in [1.54, 1.807) is 0 Å². The number of carbonyl (C=O) groups is 4. The molecule has 12 heteroatoms. The van der Waals surface area contributed by atoms with E-state index in [1.807, 2.05) is 5.32 Å². The number of aliphatic hydroxyl groups excluding tert-OH is 3. The third kappa shape index (κ3) is 7.43. The number of nitrogens with one attached hydrogen (secondary N) is 3. The average molecular weight is 364 g/mol. The molecular weight excluding hydrogens is 340 g/mol. The van der Waals surface area contributed by atoms with Crippen LogP contribution in [0, 0.1) is 0 Å². The first-order chi connectivity index (χ1) is 11.5. The molecular formula is C13H24N4O8. The Labute approximate surface area is 143 Å². The number of carboxylic acids is 1. The van der Waals surface area contributed by atoms with Crippen LogP contribution in [0.5, 0.6) is 0 Å². The number of rotatable bonds is 10. The first kappa shape index (κ1) is 22.7. The van der Waals surface area contributed by atoms with Crippen molar-refractivity contribution in [2.45, 2.75) is 44.2 Å². The number of hydrogen-bond acceptors (Lipinski definition) is 8. The fourth-order valence-corrected chi connectivity index (χ4v) is 1.74. The Morgan fingerprint density at radius 1 is 0.920 bits per heavy atom. The van der Waals surface area contributed by atoms with Gasteiger partial charge in [-0.15, -0.1) is 0 Å². The molecule has 0 saturated heterocycles. The van der Waals surface area contributed by atoms with Crippen LogP contribution in [0.2, 0.25) is 0 Å². The molecule has 0 fully saturated rings. The van der Waals surface area contributed by atoms with E-state index in [0.717, 1.165) is 6.92 Å². The second-order valence-corrected chi connectivity index (χ2v) is 5.30. The molecule has 0 rings (SSSR count). The van der Waals surface area contributed by atoms with Crippen molar-refractivity contribution in [3.8, 4) is 0 Å². The molecule has 0 radical (unpaired) electrons. The third-order valence-electron chi connectivity index (χ3n) is 3.13. The van der Waals surface area contributed by atoms with E-state index >= 15 is 0 Å². The summed E-state index contributed by atoms with van der Waals surface area (Å²) in [7, 11) is 0. The number of nitrogens with two attached hydrogens (primary N) is 1. The lowest BCUT2D eigenvalue weighted by atomic mass is 10.1. The summed E-state index contributed by atoms with van der Waals surface area (Å²) in [5, 5.41) is 43.2. The predicted molar refractivity (Wildman–Crippen MR) is 82.9 cm³/mol. The Balaban J connectivity index is 5.04. The monoisotopic (exact) mass is 364 g/mol. The largest absolute Gasteiger partial charge is 0.480 e. The van der Waals surface area contributed by atoms with Gasteiger partial charge in [0.1, 0.15) is 12.1 Å². The van der Waals surface area contributed by atoms with E-state index in [9.17, 15) is 34.5 Å². The van der Waals surface area contributed by atoms with Gasteiger partial charge in [0, 0.05) is 0 Å². The molecule has 5 atom stereocenters. The number of amides is 3. The maximum Gasteiger partial charge on any atom is 0.328 e.